The Morgan fingerprint density at radius 2 is 2.16 bits per heavy atom. The molecule has 3 rings (SSSR count). The molecule has 0 radical (unpaired) electrons. The average Bonchev–Trinajstić information content (AvgIpc) is 2.46. The van der Waals surface area contributed by atoms with E-state index in [0.717, 1.165) is 30.4 Å². The summed E-state index contributed by atoms with van der Waals surface area (Å²) in [7, 11) is 0. The lowest BCUT2D eigenvalue weighted by atomic mass is 10.00. The lowest BCUT2D eigenvalue weighted by Crippen LogP contribution is -2.39. The first-order chi connectivity index (χ1) is 9.24. The molecule has 1 aliphatic rings. The van der Waals surface area contributed by atoms with Crippen molar-refractivity contribution in [2.75, 3.05) is 13.1 Å². The highest BCUT2D eigenvalue weighted by molar-refractivity contribution is 5.95. The number of nitrogens with zero attached hydrogens (tertiary/aromatic N) is 3. The van der Waals surface area contributed by atoms with Crippen molar-refractivity contribution in [3.05, 3.63) is 36.0 Å². The van der Waals surface area contributed by atoms with Gasteiger partial charge in [-0.2, -0.15) is 0 Å². The van der Waals surface area contributed by atoms with E-state index in [-0.39, 0.29) is 5.91 Å². The normalized spacial score (nSPS) is 19.6. The van der Waals surface area contributed by atoms with Gasteiger partial charge < -0.3 is 4.90 Å². The predicted molar refractivity (Wildman–Crippen MR) is 73.8 cm³/mol. The summed E-state index contributed by atoms with van der Waals surface area (Å²) < 4.78 is 0. The van der Waals surface area contributed by atoms with Crippen LogP contribution in [0.2, 0.25) is 0 Å². The first-order valence-electron chi connectivity index (χ1n) is 6.76. The number of rotatable bonds is 1. The summed E-state index contributed by atoms with van der Waals surface area (Å²) in [5, 5.41) is 9.15. The standard InChI is InChI=1S/C15H17N3O/c1-11-5-4-8-18(10-11)15(19)14-9-12-6-2-3-7-13(12)16-17-14/h2-3,6-7,9,11H,4-5,8,10H2,1H3. The Kier molecular flexibility index (Phi) is 3.15. The van der Waals surface area contributed by atoms with Gasteiger partial charge in [0.1, 0.15) is 0 Å². The average molecular weight is 255 g/mol. The van der Waals surface area contributed by atoms with Crippen LogP contribution in [-0.2, 0) is 0 Å². The van der Waals surface area contributed by atoms with E-state index in [0.29, 0.717) is 11.6 Å². The third-order valence-corrected chi connectivity index (χ3v) is 3.66. The predicted octanol–water partition coefficient (Wildman–Crippen LogP) is 2.50. The molecule has 1 fully saturated rings. The van der Waals surface area contributed by atoms with Gasteiger partial charge in [-0.05, 0) is 30.9 Å². The minimum Gasteiger partial charge on any atom is -0.337 e. The maximum absolute atomic E-state index is 12.4. The van der Waals surface area contributed by atoms with Crippen molar-refractivity contribution in [1.82, 2.24) is 15.1 Å². The quantitative estimate of drug-likeness (QED) is 0.786. The fourth-order valence-electron chi connectivity index (χ4n) is 2.62. The van der Waals surface area contributed by atoms with Crippen LogP contribution in [0.15, 0.2) is 30.3 Å². The van der Waals surface area contributed by atoms with E-state index in [1.807, 2.05) is 35.2 Å². The van der Waals surface area contributed by atoms with Crippen LogP contribution in [0.3, 0.4) is 0 Å². The van der Waals surface area contributed by atoms with Gasteiger partial charge in [0.2, 0.25) is 0 Å². The largest absolute Gasteiger partial charge is 0.337 e. The Morgan fingerprint density at radius 1 is 1.32 bits per heavy atom. The van der Waals surface area contributed by atoms with Crippen molar-refractivity contribution < 1.29 is 4.79 Å². The van der Waals surface area contributed by atoms with Crippen molar-refractivity contribution in [3.63, 3.8) is 0 Å². The summed E-state index contributed by atoms with van der Waals surface area (Å²) in [6, 6.07) is 9.56. The summed E-state index contributed by atoms with van der Waals surface area (Å²) in [5.74, 6) is 0.580. The second kappa shape index (κ2) is 4.96. The number of carbonyl (C=O) groups excluding carboxylic acids is 1. The number of amides is 1. The fraction of sp³-hybridized carbons (Fsp3) is 0.400. The Morgan fingerprint density at radius 3 is 3.00 bits per heavy atom. The zero-order chi connectivity index (χ0) is 13.2. The Bertz CT molecular complexity index is 611. The van der Waals surface area contributed by atoms with E-state index in [2.05, 4.69) is 17.1 Å². The van der Waals surface area contributed by atoms with Crippen LogP contribution in [0.25, 0.3) is 10.9 Å². The topological polar surface area (TPSA) is 46.1 Å². The molecular formula is C15H17N3O. The molecule has 1 unspecified atom stereocenters. The van der Waals surface area contributed by atoms with Crippen LogP contribution in [0.4, 0.5) is 0 Å². The van der Waals surface area contributed by atoms with E-state index < -0.39 is 0 Å². The molecule has 1 aliphatic heterocycles. The molecular weight excluding hydrogens is 238 g/mol. The van der Waals surface area contributed by atoms with Crippen molar-refractivity contribution in [2.45, 2.75) is 19.8 Å². The molecule has 4 nitrogen and oxygen atoms in total. The number of benzene rings is 1. The van der Waals surface area contributed by atoms with Gasteiger partial charge in [-0.1, -0.05) is 25.1 Å². The van der Waals surface area contributed by atoms with Crippen molar-refractivity contribution in [1.29, 1.82) is 0 Å². The van der Waals surface area contributed by atoms with Gasteiger partial charge in [-0.3, -0.25) is 4.79 Å². The second-order valence-electron chi connectivity index (χ2n) is 5.29. The second-order valence-corrected chi connectivity index (χ2v) is 5.29. The molecule has 4 heteroatoms. The molecule has 1 aromatic carbocycles. The molecule has 1 amide bonds. The lowest BCUT2D eigenvalue weighted by molar-refractivity contribution is 0.0676. The smallest absolute Gasteiger partial charge is 0.274 e. The van der Waals surface area contributed by atoms with Crippen LogP contribution >= 0.6 is 0 Å². The van der Waals surface area contributed by atoms with Gasteiger partial charge in [0.15, 0.2) is 5.69 Å². The number of hydrogen-bond acceptors (Lipinski definition) is 3. The zero-order valence-corrected chi connectivity index (χ0v) is 11.0. The highest BCUT2D eigenvalue weighted by atomic mass is 16.2. The number of carbonyl (C=O) groups is 1. The minimum atomic E-state index is 0.00445. The maximum Gasteiger partial charge on any atom is 0.274 e. The van der Waals surface area contributed by atoms with Gasteiger partial charge in [-0.25, -0.2) is 0 Å². The van der Waals surface area contributed by atoms with E-state index in [9.17, 15) is 4.79 Å². The number of aromatic nitrogens is 2. The molecule has 2 heterocycles. The highest BCUT2D eigenvalue weighted by Crippen LogP contribution is 2.18. The summed E-state index contributed by atoms with van der Waals surface area (Å²) >= 11 is 0. The molecule has 0 saturated carbocycles. The van der Waals surface area contributed by atoms with Gasteiger partial charge in [0, 0.05) is 18.5 Å². The summed E-state index contributed by atoms with van der Waals surface area (Å²) in [4.78, 5) is 14.3. The number of hydrogen-bond donors (Lipinski definition) is 0. The maximum atomic E-state index is 12.4. The molecule has 2 aromatic rings. The summed E-state index contributed by atoms with van der Waals surface area (Å²) in [6.45, 7) is 3.84. The van der Waals surface area contributed by atoms with Gasteiger partial charge in [-0.15, -0.1) is 10.2 Å². The molecule has 1 saturated heterocycles. The Labute approximate surface area is 112 Å². The van der Waals surface area contributed by atoms with E-state index in [4.69, 9.17) is 0 Å². The zero-order valence-electron chi connectivity index (χ0n) is 11.0. The van der Waals surface area contributed by atoms with Crippen molar-refractivity contribution in [3.8, 4) is 0 Å². The third-order valence-electron chi connectivity index (χ3n) is 3.66. The number of likely N-dealkylation sites (tertiary alicyclic amines) is 1. The SMILES string of the molecule is CC1CCCN(C(=O)c2cc3ccccc3nn2)C1. The Hall–Kier alpha value is -1.97. The van der Waals surface area contributed by atoms with Gasteiger partial charge in [0.05, 0.1) is 5.52 Å². The first-order valence-corrected chi connectivity index (χ1v) is 6.76. The van der Waals surface area contributed by atoms with Crippen LogP contribution < -0.4 is 0 Å². The van der Waals surface area contributed by atoms with Crippen LogP contribution in [0.5, 0.6) is 0 Å². The van der Waals surface area contributed by atoms with Gasteiger partial charge >= 0.3 is 0 Å². The fourth-order valence-corrected chi connectivity index (χ4v) is 2.62. The highest BCUT2D eigenvalue weighted by Gasteiger charge is 2.23. The molecule has 0 N–H and O–H groups in total. The molecule has 98 valence electrons. The van der Waals surface area contributed by atoms with Crippen molar-refractivity contribution >= 4 is 16.8 Å². The minimum absolute atomic E-state index is 0.00445. The van der Waals surface area contributed by atoms with E-state index in [1.165, 1.54) is 6.42 Å². The molecule has 0 bridgehead atoms. The van der Waals surface area contributed by atoms with Crippen LogP contribution in [0, 0.1) is 5.92 Å². The van der Waals surface area contributed by atoms with Crippen molar-refractivity contribution in [2.24, 2.45) is 5.92 Å². The molecule has 1 atom stereocenters. The molecule has 0 aliphatic carbocycles. The lowest BCUT2D eigenvalue weighted by Gasteiger charge is -2.30. The molecule has 19 heavy (non-hydrogen) atoms. The van der Waals surface area contributed by atoms with Gasteiger partial charge in [0.25, 0.3) is 5.91 Å². The molecule has 0 spiro atoms. The first kappa shape index (κ1) is 12.1. The summed E-state index contributed by atoms with van der Waals surface area (Å²) in [5.41, 5.74) is 1.28. The van der Waals surface area contributed by atoms with Crippen LogP contribution in [-0.4, -0.2) is 34.1 Å². The number of fused-ring (bicyclic) bond motifs is 1. The summed E-state index contributed by atoms with van der Waals surface area (Å²) in [6.07, 6.45) is 2.28. The van der Waals surface area contributed by atoms with E-state index in [1.54, 1.807) is 0 Å². The van der Waals surface area contributed by atoms with Crippen LogP contribution in [0.1, 0.15) is 30.3 Å². The number of piperidine rings is 1. The third kappa shape index (κ3) is 2.43. The Balaban J connectivity index is 1.88. The van der Waals surface area contributed by atoms with E-state index >= 15 is 0 Å². The monoisotopic (exact) mass is 255 g/mol. The molecule has 1 aromatic heterocycles.